The number of pyridine rings is 1. The average Bonchev–Trinajstić information content (AvgIpc) is 2.03. The molecule has 1 rings (SSSR count). The zero-order chi connectivity index (χ0) is 11.2. The minimum Gasteiger partial charge on any atom is -0.265 e. The molecule has 4 nitrogen and oxygen atoms in total. The van der Waals surface area contributed by atoms with Crippen LogP contribution in [0.5, 0.6) is 0 Å². The molecule has 0 aliphatic rings. The van der Waals surface area contributed by atoms with Crippen molar-refractivity contribution in [1.29, 1.82) is 0 Å². The molecule has 0 aliphatic heterocycles. The molecule has 1 aromatic heterocycles. The molecule has 0 spiro atoms. The van der Waals surface area contributed by atoms with Crippen molar-refractivity contribution in [2.45, 2.75) is 19.6 Å². The Morgan fingerprint density at radius 3 is 1.64 bits per heavy atom. The number of rotatable bonds is 1. The van der Waals surface area contributed by atoms with Gasteiger partial charge in [0.15, 0.2) is 0 Å². The Balaban J connectivity index is 0.000000364. The predicted molar refractivity (Wildman–Crippen MR) is 56.9 cm³/mol. The predicted octanol–water partition coefficient (Wildman–Crippen LogP) is 0.623. The van der Waals surface area contributed by atoms with Crippen molar-refractivity contribution in [2.24, 2.45) is 0 Å². The Bertz CT molecular complexity index is 361. The minimum atomic E-state index is -3.11. The smallest absolute Gasteiger partial charge is 0.265 e. The van der Waals surface area contributed by atoms with Gasteiger partial charge in [0.1, 0.15) is 0 Å². The van der Waals surface area contributed by atoms with Gasteiger partial charge in [-0.2, -0.15) is 0 Å². The Kier molecular flexibility index (Phi) is 5.25. The van der Waals surface area contributed by atoms with Gasteiger partial charge in [-0.25, -0.2) is 0 Å². The molecular formula is C8H13NO3SSi. The Morgan fingerprint density at radius 2 is 1.43 bits per heavy atom. The maximum Gasteiger partial charge on any atom is 0.425 e. The zero-order valence-electron chi connectivity index (χ0n) is 8.39. The van der Waals surface area contributed by atoms with Gasteiger partial charge in [0, 0.05) is 12.4 Å². The molecule has 0 saturated carbocycles. The summed E-state index contributed by atoms with van der Waals surface area (Å²) in [4.78, 5) is 3.98. The van der Waals surface area contributed by atoms with Crippen LogP contribution in [0, 0.1) is 0 Å². The van der Waals surface area contributed by atoms with E-state index in [1.54, 1.807) is 0 Å². The molecule has 0 fully saturated rings. The van der Waals surface area contributed by atoms with Gasteiger partial charge in [-0.3, -0.25) is 4.98 Å². The molecular weight excluding hydrogens is 218 g/mol. The first-order chi connectivity index (χ1) is 6.34. The normalized spacial score (nSPS) is 9.93. The van der Waals surface area contributed by atoms with Crippen LogP contribution in [0.25, 0.3) is 0 Å². The lowest BCUT2D eigenvalue weighted by atomic mass is 10.5. The fourth-order valence-corrected chi connectivity index (χ4v) is 2.00. The molecule has 0 unspecified atom stereocenters. The molecule has 14 heavy (non-hydrogen) atoms. The summed E-state index contributed by atoms with van der Waals surface area (Å²) in [5.74, 6) is 0. The summed E-state index contributed by atoms with van der Waals surface area (Å²) in [6, 6.07) is 4.23. The molecule has 0 atom stereocenters. The first-order valence-corrected chi connectivity index (χ1v) is 8.51. The molecule has 0 N–H and O–H groups in total. The summed E-state index contributed by atoms with van der Waals surface area (Å²) >= 11 is 0. The first kappa shape index (κ1) is 13.0. The van der Waals surface area contributed by atoms with Gasteiger partial charge in [-0.1, -0.05) is 24.8 Å². The van der Waals surface area contributed by atoms with Crippen molar-refractivity contribution in [2.75, 3.05) is 0 Å². The van der Waals surface area contributed by atoms with Crippen LogP contribution in [-0.2, 0) is 10.6 Å². The lowest BCUT2D eigenvalue weighted by Crippen LogP contribution is -2.37. The SMILES string of the molecule is C[Si](C)(C)c1ccncc1.O=S(=O)=O. The Morgan fingerprint density at radius 1 is 1.07 bits per heavy atom. The summed E-state index contributed by atoms with van der Waals surface area (Å²) < 4.78 is 25.3. The van der Waals surface area contributed by atoms with E-state index < -0.39 is 18.7 Å². The third-order valence-corrected chi connectivity index (χ3v) is 3.61. The molecule has 6 heteroatoms. The number of nitrogens with zero attached hydrogens (tertiary/aromatic N) is 1. The second kappa shape index (κ2) is 5.66. The number of hydrogen-bond acceptors (Lipinski definition) is 4. The highest BCUT2D eigenvalue weighted by Crippen LogP contribution is 1.99. The zero-order valence-corrected chi connectivity index (χ0v) is 10.2. The van der Waals surface area contributed by atoms with Gasteiger partial charge in [0.2, 0.25) is 0 Å². The Hall–Kier alpha value is -1.01. The lowest BCUT2D eigenvalue weighted by molar-refractivity contribution is 0.559. The van der Waals surface area contributed by atoms with Gasteiger partial charge in [0.05, 0.1) is 8.07 Å². The van der Waals surface area contributed by atoms with Gasteiger partial charge >= 0.3 is 10.6 Å². The van der Waals surface area contributed by atoms with Crippen molar-refractivity contribution < 1.29 is 12.6 Å². The second-order valence-electron chi connectivity index (χ2n) is 3.69. The summed E-state index contributed by atoms with van der Waals surface area (Å²) in [6.45, 7) is 7.01. The van der Waals surface area contributed by atoms with E-state index in [0.29, 0.717) is 0 Å². The molecule has 0 saturated heterocycles. The number of aromatic nitrogens is 1. The minimum absolute atomic E-state index is 1.07. The summed E-state index contributed by atoms with van der Waals surface area (Å²) in [5, 5.41) is 1.47. The third kappa shape index (κ3) is 6.50. The summed E-state index contributed by atoms with van der Waals surface area (Å²) in [7, 11) is -4.18. The molecule has 0 bridgehead atoms. The van der Waals surface area contributed by atoms with Gasteiger partial charge in [0.25, 0.3) is 0 Å². The fourth-order valence-electron chi connectivity index (χ4n) is 0.852. The van der Waals surface area contributed by atoms with E-state index in [4.69, 9.17) is 12.6 Å². The van der Waals surface area contributed by atoms with Crippen molar-refractivity contribution in [3.63, 3.8) is 0 Å². The molecule has 1 heterocycles. The van der Waals surface area contributed by atoms with Crippen LogP contribution in [0.15, 0.2) is 24.5 Å². The Labute approximate surface area is 86.1 Å². The maximum atomic E-state index is 8.44. The van der Waals surface area contributed by atoms with Crippen molar-refractivity contribution in [1.82, 2.24) is 4.98 Å². The van der Waals surface area contributed by atoms with E-state index in [0.717, 1.165) is 0 Å². The summed E-state index contributed by atoms with van der Waals surface area (Å²) in [5.41, 5.74) is 0. The van der Waals surface area contributed by atoms with Crippen LogP contribution in [0.3, 0.4) is 0 Å². The number of hydrogen-bond donors (Lipinski definition) is 0. The van der Waals surface area contributed by atoms with Crippen molar-refractivity contribution in [3.05, 3.63) is 24.5 Å². The van der Waals surface area contributed by atoms with E-state index in [9.17, 15) is 0 Å². The first-order valence-electron chi connectivity index (χ1n) is 4.01. The second-order valence-corrected chi connectivity index (χ2v) is 9.18. The van der Waals surface area contributed by atoms with Crippen molar-refractivity contribution in [3.8, 4) is 0 Å². The van der Waals surface area contributed by atoms with Crippen LogP contribution in [0.1, 0.15) is 0 Å². The third-order valence-electron chi connectivity index (χ3n) is 1.55. The van der Waals surface area contributed by atoms with Crippen LogP contribution in [0.2, 0.25) is 19.6 Å². The van der Waals surface area contributed by atoms with Gasteiger partial charge in [-0.15, -0.1) is 12.6 Å². The van der Waals surface area contributed by atoms with Gasteiger partial charge < -0.3 is 0 Å². The largest absolute Gasteiger partial charge is 0.425 e. The van der Waals surface area contributed by atoms with Crippen LogP contribution in [-0.4, -0.2) is 25.7 Å². The molecule has 1 aromatic rings. The highest BCUT2D eigenvalue weighted by atomic mass is 32.2. The molecule has 0 amide bonds. The van der Waals surface area contributed by atoms with E-state index in [1.165, 1.54) is 5.19 Å². The van der Waals surface area contributed by atoms with Crippen LogP contribution in [0.4, 0.5) is 0 Å². The quantitative estimate of drug-likeness (QED) is 0.665. The lowest BCUT2D eigenvalue weighted by Gasteiger charge is -2.14. The highest BCUT2D eigenvalue weighted by molar-refractivity contribution is 7.59. The molecule has 78 valence electrons. The van der Waals surface area contributed by atoms with Crippen LogP contribution < -0.4 is 5.19 Å². The van der Waals surface area contributed by atoms with E-state index >= 15 is 0 Å². The molecule has 0 aromatic carbocycles. The topological polar surface area (TPSA) is 64.1 Å². The standard InChI is InChI=1S/C8H13NSi.O3S/c1-10(2,3)8-4-6-9-7-5-8;1-4(2)3/h4-7H,1-3H3;. The molecule has 0 aliphatic carbocycles. The van der Waals surface area contributed by atoms with Crippen molar-refractivity contribution >= 4 is 23.9 Å². The fraction of sp³-hybridized carbons (Fsp3) is 0.375. The van der Waals surface area contributed by atoms with Gasteiger partial charge in [-0.05, 0) is 12.1 Å². The molecule has 0 radical (unpaired) electrons. The van der Waals surface area contributed by atoms with E-state index in [-0.39, 0.29) is 0 Å². The summed E-state index contributed by atoms with van der Waals surface area (Å²) in [6.07, 6.45) is 3.74. The van der Waals surface area contributed by atoms with E-state index in [2.05, 4.69) is 36.8 Å². The highest BCUT2D eigenvalue weighted by Gasteiger charge is 2.14. The van der Waals surface area contributed by atoms with Crippen LogP contribution >= 0.6 is 0 Å². The maximum absolute atomic E-state index is 8.44. The van der Waals surface area contributed by atoms with E-state index in [1.807, 2.05) is 12.4 Å². The average molecular weight is 231 g/mol. The monoisotopic (exact) mass is 231 g/mol.